The van der Waals surface area contributed by atoms with E-state index in [0.717, 1.165) is 25.7 Å². The van der Waals surface area contributed by atoms with Gasteiger partial charge < -0.3 is 15.2 Å². The molecule has 28 heavy (non-hydrogen) atoms. The molecule has 1 saturated carbocycles. The van der Waals surface area contributed by atoms with E-state index in [0.29, 0.717) is 16.8 Å². The SMILES string of the molecule is C=Nc1cc(OC(F)F)ccc1/C=C(\C)C(=O)N[C@H]1CC[C@H](C(C)(C)O)CC1. The van der Waals surface area contributed by atoms with Crippen molar-refractivity contribution < 1.29 is 23.4 Å². The van der Waals surface area contributed by atoms with Crippen LogP contribution in [0.5, 0.6) is 5.75 Å². The summed E-state index contributed by atoms with van der Waals surface area (Å²) in [5.74, 6) is 0.0438. The summed E-state index contributed by atoms with van der Waals surface area (Å²) in [6, 6.07) is 4.39. The Hall–Kier alpha value is -2.28. The van der Waals surface area contributed by atoms with Gasteiger partial charge in [-0.1, -0.05) is 0 Å². The summed E-state index contributed by atoms with van der Waals surface area (Å²) in [6.45, 7) is 5.86. The number of hydrogen-bond acceptors (Lipinski definition) is 4. The molecular formula is C21H28F2N2O3. The largest absolute Gasteiger partial charge is 0.435 e. The summed E-state index contributed by atoms with van der Waals surface area (Å²) in [5, 5.41) is 13.1. The van der Waals surface area contributed by atoms with Gasteiger partial charge in [-0.3, -0.25) is 9.79 Å². The molecular weight excluding hydrogens is 366 g/mol. The number of rotatable bonds is 7. The van der Waals surface area contributed by atoms with Gasteiger partial charge in [-0.15, -0.1) is 0 Å². The lowest BCUT2D eigenvalue weighted by Gasteiger charge is -2.36. The molecule has 0 aromatic heterocycles. The number of aliphatic imine (C=N–C) groups is 1. The number of amides is 1. The number of halogens is 2. The second-order valence-corrected chi connectivity index (χ2v) is 7.76. The van der Waals surface area contributed by atoms with Gasteiger partial charge in [0.1, 0.15) is 5.75 Å². The van der Waals surface area contributed by atoms with Gasteiger partial charge in [-0.05, 0) is 77.3 Å². The van der Waals surface area contributed by atoms with E-state index < -0.39 is 12.2 Å². The van der Waals surface area contributed by atoms with Gasteiger partial charge in [0.05, 0.1) is 11.3 Å². The second-order valence-electron chi connectivity index (χ2n) is 7.76. The van der Waals surface area contributed by atoms with Crippen LogP contribution in [-0.4, -0.2) is 36.0 Å². The molecule has 1 fully saturated rings. The van der Waals surface area contributed by atoms with Crippen molar-refractivity contribution in [2.75, 3.05) is 0 Å². The number of carbonyl (C=O) groups is 1. The van der Waals surface area contributed by atoms with Crippen molar-refractivity contribution in [3.63, 3.8) is 0 Å². The fourth-order valence-electron chi connectivity index (χ4n) is 3.50. The molecule has 7 heteroatoms. The Labute approximate surface area is 164 Å². The molecule has 154 valence electrons. The quantitative estimate of drug-likeness (QED) is 0.529. The first-order chi connectivity index (χ1) is 13.1. The predicted molar refractivity (Wildman–Crippen MR) is 106 cm³/mol. The van der Waals surface area contributed by atoms with E-state index in [2.05, 4.69) is 21.8 Å². The Bertz CT molecular complexity index is 734. The number of alkyl halides is 2. The van der Waals surface area contributed by atoms with Gasteiger partial charge in [-0.2, -0.15) is 8.78 Å². The van der Waals surface area contributed by atoms with Crippen molar-refractivity contribution in [1.29, 1.82) is 0 Å². The van der Waals surface area contributed by atoms with Crippen LogP contribution >= 0.6 is 0 Å². The van der Waals surface area contributed by atoms with Crippen molar-refractivity contribution in [2.24, 2.45) is 10.9 Å². The third-order valence-corrected chi connectivity index (χ3v) is 5.19. The highest BCUT2D eigenvalue weighted by atomic mass is 19.3. The minimum atomic E-state index is -2.92. The zero-order valence-electron chi connectivity index (χ0n) is 16.5. The normalized spacial score (nSPS) is 20.8. The topological polar surface area (TPSA) is 70.9 Å². The van der Waals surface area contributed by atoms with E-state index in [1.807, 2.05) is 13.8 Å². The maximum atomic E-state index is 12.5. The number of nitrogens with one attached hydrogen (secondary N) is 1. The van der Waals surface area contributed by atoms with Crippen molar-refractivity contribution in [3.8, 4) is 5.75 Å². The molecule has 0 spiro atoms. The van der Waals surface area contributed by atoms with Crippen molar-refractivity contribution in [2.45, 2.75) is 64.7 Å². The van der Waals surface area contributed by atoms with Gasteiger partial charge in [0, 0.05) is 23.2 Å². The first kappa shape index (κ1) is 22.0. The molecule has 1 aliphatic carbocycles. The molecule has 1 amide bonds. The smallest absolute Gasteiger partial charge is 0.387 e. The standard InChI is InChI=1S/C21H28F2N2O3/c1-13(11-14-5-10-17(28-20(22)23)12-18(14)24-4)19(26)25-16-8-6-15(7-9-16)21(2,3)27/h5,10-12,15-16,20,27H,4,6-9H2,1-3H3,(H,25,26)/b13-11+/t15-,16-. The molecule has 0 atom stereocenters. The molecule has 0 bridgehead atoms. The minimum absolute atomic E-state index is 0.0137. The maximum absolute atomic E-state index is 12.5. The molecule has 0 saturated heterocycles. The van der Waals surface area contributed by atoms with E-state index in [9.17, 15) is 18.7 Å². The predicted octanol–water partition coefficient (Wildman–Crippen LogP) is 4.47. The molecule has 5 nitrogen and oxygen atoms in total. The number of nitrogens with zero attached hydrogens (tertiary/aromatic N) is 1. The summed E-state index contributed by atoms with van der Waals surface area (Å²) in [7, 11) is 0. The Morgan fingerprint density at radius 2 is 2.00 bits per heavy atom. The van der Waals surface area contributed by atoms with E-state index in [1.165, 1.54) is 12.1 Å². The fourth-order valence-corrected chi connectivity index (χ4v) is 3.50. The Morgan fingerprint density at radius 3 is 2.54 bits per heavy atom. The molecule has 0 aliphatic heterocycles. The highest BCUT2D eigenvalue weighted by Crippen LogP contribution is 2.33. The summed E-state index contributed by atoms with van der Waals surface area (Å²) >= 11 is 0. The maximum Gasteiger partial charge on any atom is 0.387 e. The van der Waals surface area contributed by atoms with Gasteiger partial charge in [0.15, 0.2) is 0 Å². The number of ether oxygens (including phenoxy) is 1. The highest BCUT2D eigenvalue weighted by Gasteiger charge is 2.31. The molecule has 0 unspecified atom stereocenters. The molecule has 0 radical (unpaired) electrons. The lowest BCUT2D eigenvalue weighted by molar-refractivity contribution is -0.118. The lowest BCUT2D eigenvalue weighted by Crippen LogP contribution is -2.42. The van der Waals surface area contributed by atoms with Crippen LogP contribution in [0.4, 0.5) is 14.5 Å². The summed E-state index contributed by atoms with van der Waals surface area (Å²) in [4.78, 5) is 16.3. The number of aliphatic hydroxyl groups is 1. The van der Waals surface area contributed by atoms with Crippen LogP contribution in [0, 0.1) is 5.92 Å². The summed E-state index contributed by atoms with van der Waals surface area (Å²) < 4.78 is 29.0. The monoisotopic (exact) mass is 394 g/mol. The van der Waals surface area contributed by atoms with Gasteiger partial charge in [0.25, 0.3) is 0 Å². The number of benzene rings is 1. The van der Waals surface area contributed by atoms with E-state index >= 15 is 0 Å². The van der Waals surface area contributed by atoms with Crippen LogP contribution in [0.15, 0.2) is 28.8 Å². The van der Waals surface area contributed by atoms with Crippen LogP contribution in [0.2, 0.25) is 0 Å². The van der Waals surface area contributed by atoms with Gasteiger partial charge in [-0.25, -0.2) is 0 Å². The van der Waals surface area contributed by atoms with E-state index in [4.69, 9.17) is 0 Å². The third-order valence-electron chi connectivity index (χ3n) is 5.19. The van der Waals surface area contributed by atoms with Crippen LogP contribution in [0.1, 0.15) is 52.0 Å². The van der Waals surface area contributed by atoms with Gasteiger partial charge in [0.2, 0.25) is 5.91 Å². The van der Waals surface area contributed by atoms with Crippen LogP contribution < -0.4 is 10.1 Å². The van der Waals surface area contributed by atoms with Crippen LogP contribution in [-0.2, 0) is 4.79 Å². The zero-order chi connectivity index (χ0) is 20.9. The minimum Gasteiger partial charge on any atom is -0.435 e. The number of carbonyl (C=O) groups excluding carboxylic acids is 1. The molecule has 0 heterocycles. The molecule has 1 aromatic carbocycles. The Morgan fingerprint density at radius 1 is 1.36 bits per heavy atom. The third kappa shape index (κ3) is 6.12. The fraction of sp³-hybridized carbons (Fsp3) is 0.524. The average Bonchev–Trinajstić information content (AvgIpc) is 2.62. The first-order valence-corrected chi connectivity index (χ1v) is 9.37. The molecule has 1 aliphatic rings. The second kappa shape index (κ2) is 9.28. The first-order valence-electron chi connectivity index (χ1n) is 9.37. The van der Waals surface area contributed by atoms with Crippen molar-refractivity contribution in [3.05, 3.63) is 29.3 Å². The summed E-state index contributed by atoms with van der Waals surface area (Å²) in [6.07, 6.45) is 5.04. The molecule has 2 N–H and O–H groups in total. The van der Waals surface area contributed by atoms with Crippen molar-refractivity contribution >= 4 is 24.4 Å². The Kier molecular flexibility index (Phi) is 7.29. The lowest BCUT2D eigenvalue weighted by atomic mass is 9.77. The van der Waals surface area contributed by atoms with Crippen LogP contribution in [0.3, 0.4) is 0 Å². The van der Waals surface area contributed by atoms with E-state index in [1.54, 1.807) is 19.1 Å². The molecule has 1 aromatic rings. The number of hydrogen-bond donors (Lipinski definition) is 2. The van der Waals surface area contributed by atoms with E-state index in [-0.39, 0.29) is 23.6 Å². The molecule has 2 rings (SSSR count). The average molecular weight is 394 g/mol. The Balaban J connectivity index is 2.01. The highest BCUT2D eigenvalue weighted by molar-refractivity contribution is 5.98. The van der Waals surface area contributed by atoms with Crippen molar-refractivity contribution in [1.82, 2.24) is 5.32 Å². The zero-order valence-corrected chi connectivity index (χ0v) is 16.5. The van der Waals surface area contributed by atoms with Gasteiger partial charge >= 0.3 is 6.61 Å². The van der Waals surface area contributed by atoms with Crippen LogP contribution in [0.25, 0.3) is 6.08 Å². The summed E-state index contributed by atoms with van der Waals surface area (Å²) in [5.41, 5.74) is 0.738.